The van der Waals surface area contributed by atoms with E-state index in [4.69, 9.17) is 17.0 Å². The SMILES string of the molecule is CCOc1ccc(/C=C2\SC(=S)N([C@H](C)C(=O)OC)C2=O)cc1. The Labute approximate surface area is 144 Å². The summed E-state index contributed by atoms with van der Waals surface area (Å²) in [5.74, 6) is -0.00749. The third kappa shape index (κ3) is 3.92. The van der Waals surface area contributed by atoms with Crippen molar-refractivity contribution in [2.75, 3.05) is 13.7 Å². The van der Waals surface area contributed by atoms with Gasteiger partial charge >= 0.3 is 5.97 Å². The Kier molecular flexibility index (Phi) is 5.79. The summed E-state index contributed by atoms with van der Waals surface area (Å²) in [7, 11) is 1.28. The van der Waals surface area contributed by atoms with Crippen LogP contribution in [-0.2, 0) is 14.3 Å². The molecule has 0 radical (unpaired) electrons. The molecule has 0 bridgehead atoms. The van der Waals surface area contributed by atoms with Gasteiger partial charge in [0.05, 0.1) is 18.6 Å². The Bertz CT molecular complexity index is 655. The van der Waals surface area contributed by atoms with Gasteiger partial charge in [-0.3, -0.25) is 9.69 Å². The smallest absolute Gasteiger partial charge is 0.328 e. The van der Waals surface area contributed by atoms with Gasteiger partial charge in [-0.05, 0) is 37.6 Å². The fourth-order valence-electron chi connectivity index (χ4n) is 2.07. The summed E-state index contributed by atoms with van der Waals surface area (Å²) in [6.45, 7) is 4.11. The van der Waals surface area contributed by atoms with Crippen LogP contribution in [0.25, 0.3) is 6.08 Å². The van der Waals surface area contributed by atoms with Gasteiger partial charge in [0.15, 0.2) is 0 Å². The van der Waals surface area contributed by atoms with E-state index >= 15 is 0 Å². The molecule has 5 nitrogen and oxygen atoms in total. The van der Waals surface area contributed by atoms with E-state index < -0.39 is 12.0 Å². The molecule has 1 aliphatic heterocycles. The number of carbonyl (C=O) groups is 2. The minimum atomic E-state index is -0.737. The molecule has 1 saturated heterocycles. The minimum Gasteiger partial charge on any atom is -0.494 e. The normalized spacial score (nSPS) is 17.5. The lowest BCUT2D eigenvalue weighted by Crippen LogP contribution is -2.42. The van der Waals surface area contributed by atoms with Crippen molar-refractivity contribution in [1.82, 2.24) is 4.90 Å². The van der Waals surface area contributed by atoms with E-state index in [1.54, 1.807) is 13.0 Å². The van der Waals surface area contributed by atoms with Crippen LogP contribution in [0.5, 0.6) is 5.75 Å². The molecule has 0 unspecified atom stereocenters. The second-order valence-electron chi connectivity index (χ2n) is 4.75. The van der Waals surface area contributed by atoms with Crippen molar-refractivity contribution < 1.29 is 19.1 Å². The first-order valence-corrected chi connectivity index (χ1v) is 8.28. The van der Waals surface area contributed by atoms with Gasteiger partial charge in [-0.1, -0.05) is 36.1 Å². The molecule has 2 rings (SSSR count). The lowest BCUT2D eigenvalue weighted by molar-refractivity contribution is -0.147. The number of methoxy groups -OCH3 is 1. The van der Waals surface area contributed by atoms with E-state index in [2.05, 4.69) is 4.74 Å². The Morgan fingerprint density at radius 2 is 2.04 bits per heavy atom. The van der Waals surface area contributed by atoms with Gasteiger partial charge in [0, 0.05) is 0 Å². The molecule has 23 heavy (non-hydrogen) atoms. The van der Waals surface area contributed by atoms with Crippen LogP contribution in [0.15, 0.2) is 29.2 Å². The van der Waals surface area contributed by atoms with Gasteiger partial charge in [0.2, 0.25) is 0 Å². The number of thioether (sulfide) groups is 1. The lowest BCUT2D eigenvalue weighted by atomic mass is 10.2. The molecule has 122 valence electrons. The van der Waals surface area contributed by atoms with E-state index in [9.17, 15) is 9.59 Å². The highest BCUT2D eigenvalue weighted by atomic mass is 32.2. The van der Waals surface area contributed by atoms with Crippen molar-refractivity contribution in [3.63, 3.8) is 0 Å². The first-order valence-electron chi connectivity index (χ1n) is 7.05. The van der Waals surface area contributed by atoms with Gasteiger partial charge in [-0.15, -0.1) is 0 Å². The molecule has 1 aromatic carbocycles. The van der Waals surface area contributed by atoms with Gasteiger partial charge in [-0.2, -0.15) is 0 Å². The van der Waals surface area contributed by atoms with Crippen LogP contribution >= 0.6 is 24.0 Å². The van der Waals surface area contributed by atoms with Crippen LogP contribution in [0.2, 0.25) is 0 Å². The molecular weight excluding hydrogens is 334 g/mol. The zero-order chi connectivity index (χ0) is 17.0. The number of benzene rings is 1. The molecular formula is C16H17NO4S2. The summed E-state index contributed by atoms with van der Waals surface area (Å²) in [5, 5.41) is 0. The van der Waals surface area contributed by atoms with Crippen molar-refractivity contribution in [3.8, 4) is 5.75 Å². The van der Waals surface area contributed by atoms with Crippen LogP contribution in [0, 0.1) is 0 Å². The standard InChI is InChI=1S/C16H17NO4S2/c1-4-21-12-7-5-11(6-8-12)9-13-14(18)17(16(22)23-13)10(2)15(19)20-3/h5-10H,4H2,1-3H3/b13-9-/t10-/m1/s1. The first kappa shape index (κ1) is 17.5. The van der Waals surface area contributed by atoms with E-state index in [1.165, 1.54) is 23.8 Å². The number of hydrogen-bond acceptors (Lipinski definition) is 6. The monoisotopic (exact) mass is 351 g/mol. The fraction of sp³-hybridized carbons (Fsp3) is 0.312. The first-order chi connectivity index (χ1) is 11.0. The maximum absolute atomic E-state index is 12.5. The van der Waals surface area contributed by atoms with E-state index in [-0.39, 0.29) is 5.91 Å². The molecule has 1 heterocycles. The highest BCUT2D eigenvalue weighted by Gasteiger charge is 2.38. The number of carbonyl (C=O) groups excluding carboxylic acids is 2. The van der Waals surface area contributed by atoms with Crippen molar-refractivity contribution in [2.24, 2.45) is 0 Å². The number of rotatable bonds is 5. The minimum absolute atomic E-state index is 0.285. The molecule has 0 aliphatic carbocycles. The zero-order valence-corrected chi connectivity index (χ0v) is 14.7. The largest absolute Gasteiger partial charge is 0.494 e. The maximum Gasteiger partial charge on any atom is 0.328 e. The Hall–Kier alpha value is -1.86. The Morgan fingerprint density at radius 3 is 2.61 bits per heavy atom. The molecule has 0 saturated carbocycles. The third-order valence-electron chi connectivity index (χ3n) is 3.24. The lowest BCUT2D eigenvalue weighted by Gasteiger charge is -2.20. The van der Waals surface area contributed by atoms with Crippen LogP contribution in [0.3, 0.4) is 0 Å². The van der Waals surface area contributed by atoms with Gasteiger partial charge < -0.3 is 9.47 Å². The van der Waals surface area contributed by atoms with Crippen LogP contribution in [0.1, 0.15) is 19.4 Å². The van der Waals surface area contributed by atoms with Crippen LogP contribution in [0.4, 0.5) is 0 Å². The van der Waals surface area contributed by atoms with E-state index in [0.29, 0.717) is 15.8 Å². The third-order valence-corrected chi connectivity index (χ3v) is 4.57. The van der Waals surface area contributed by atoms with Crippen molar-refractivity contribution in [3.05, 3.63) is 34.7 Å². The van der Waals surface area contributed by atoms with Crippen LogP contribution in [-0.4, -0.2) is 40.9 Å². The molecule has 1 aliphatic rings. The molecule has 1 fully saturated rings. The van der Waals surface area contributed by atoms with Crippen LogP contribution < -0.4 is 4.74 Å². The predicted octanol–water partition coefficient (Wildman–Crippen LogP) is 2.85. The van der Waals surface area contributed by atoms with Crippen molar-refractivity contribution >= 4 is 46.3 Å². The number of nitrogens with zero attached hydrogens (tertiary/aromatic N) is 1. The van der Waals surface area contributed by atoms with Gasteiger partial charge in [0.25, 0.3) is 5.91 Å². The molecule has 7 heteroatoms. The average Bonchev–Trinajstić information content (AvgIpc) is 2.82. The highest BCUT2D eigenvalue weighted by molar-refractivity contribution is 8.26. The summed E-state index contributed by atoms with van der Waals surface area (Å²) in [6, 6.07) is 6.67. The van der Waals surface area contributed by atoms with E-state index in [1.807, 2.05) is 31.2 Å². The second-order valence-corrected chi connectivity index (χ2v) is 6.43. The summed E-state index contributed by atoms with van der Waals surface area (Å²) in [5.41, 5.74) is 0.861. The predicted molar refractivity (Wildman–Crippen MR) is 94.1 cm³/mol. The Morgan fingerprint density at radius 1 is 1.39 bits per heavy atom. The quantitative estimate of drug-likeness (QED) is 0.462. The number of esters is 1. The summed E-state index contributed by atoms with van der Waals surface area (Å²) < 4.78 is 10.4. The molecule has 1 amide bonds. The molecule has 1 aromatic rings. The molecule has 0 N–H and O–H groups in total. The van der Waals surface area contributed by atoms with Gasteiger partial charge in [-0.25, -0.2) is 4.79 Å². The molecule has 0 aromatic heterocycles. The zero-order valence-electron chi connectivity index (χ0n) is 13.1. The topological polar surface area (TPSA) is 55.8 Å². The van der Waals surface area contributed by atoms with Crippen molar-refractivity contribution in [2.45, 2.75) is 19.9 Å². The highest BCUT2D eigenvalue weighted by Crippen LogP contribution is 2.34. The Balaban J connectivity index is 2.19. The maximum atomic E-state index is 12.5. The summed E-state index contributed by atoms with van der Waals surface area (Å²) in [4.78, 5) is 25.9. The van der Waals surface area contributed by atoms with E-state index in [0.717, 1.165) is 11.3 Å². The number of hydrogen-bond donors (Lipinski definition) is 0. The number of ether oxygens (including phenoxy) is 2. The number of amides is 1. The average molecular weight is 351 g/mol. The molecule has 0 spiro atoms. The van der Waals surface area contributed by atoms with Crippen molar-refractivity contribution in [1.29, 1.82) is 0 Å². The van der Waals surface area contributed by atoms with Gasteiger partial charge in [0.1, 0.15) is 16.1 Å². The molecule has 1 atom stereocenters. The fourth-order valence-corrected chi connectivity index (χ4v) is 3.49. The number of thiocarbonyl (C=S) groups is 1. The second kappa shape index (κ2) is 7.61. The summed E-state index contributed by atoms with van der Waals surface area (Å²) >= 11 is 6.39. The summed E-state index contributed by atoms with van der Waals surface area (Å²) in [6.07, 6.45) is 1.75.